The van der Waals surface area contributed by atoms with Crippen LogP contribution in [-0.4, -0.2) is 9.55 Å². The van der Waals surface area contributed by atoms with E-state index in [-0.39, 0.29) is 0 Å². The van der Waals surface area contributed by atoms with Crippen LogP contribution < -0.4 is 5.32 Å². The Balaban J connectivity index is 2.12. The van der Waals surface area contributed by atoms with E-state index in [1.54, 1.807) is 0 Å². The van der Waals surface area contributed by atoms with Crippen LogP contribution >= 0.6 is 27.5 Å². The third kappa shape index (κ3) is 2.87. The van der Waals surface area contributed by atoms with Gasteiger partial charge in [-0.15, -0.1) is 0 Å². The van der Waals surface area contributed by atoms with E-state index in [1.165, 1.54) is 0 Å². The molecule has 0 aliphatic carbocycles. The number of halogens is 2. The number of hydrogen-bond acceptors (Lipinski definition) is 2. The Labute approximate surface area is 120 Å². The predicted octanol–water partition coefficient (Wildman–Crippen LogP) is 4.49. The Bertz CT molecular complexity index is 537. The second-order valence-corrected chi connectivity index (χ2v) is 5.54. The largest absolute Gasteiger partial charge is 0.378 e. The van der Waals surface area contributed by atoms with Crippen molar-refractivity contribution in [3.63, 3.8) is 0 Å². The minimum Gasteiger partial charge on any atom is -0.378 e. The maximum Gasteiger partial charge on any atom is 0.0951 e. The van der Waals surface area contributed by atoms with Gasteiger partial charge in [-0.1, -0.05) is 17.7 Å². The SMILES string of the molecule is CC(C)n1cncc1CNc1cccc(Cl)c1Br. The van der Waals surface area contributed by atoms with Crippen molar-refractivity contribution in [1.29, 1.82) is 0 Å². The fourth-order valence-electron chi connectivity index (χ4n) is 1.76. The van der Waals surface area contributed by atoms with Crippen molar-refractivity contribution in [2.24, 2.45) is 0 Å². The molecule has 0 amide bonds. The molecule has 0 unspecified atom stereocenters. The van der Waals surface area contributed by atoms with Crippen LogP contribution in [0.3, 0.4) is 0 Å². The molecule has 18 heavy (non-hydrogen) atoms. The van der Waals surface area contributed by atoms with Gasteiger partial charge in [-0.2, -0.15) is 0 Å². The van der Waals surface area contributed by atoms with Gasteiger partial charge in [0.1, 0.15) is 0 Å². The standard InChI is InChI=1S/C13H15BrClN3/c1-9(2)18-8-16-6-10(18)7-17-12-5-3-4-11(15)13(12)14/h3-6,8-9,17H,7H2,1-2H3. The van der Waals surface area contributed by atoms with Gasteiger partial charge < -0.3 is 9.88 Å². The van der Waals surface area contributed by atoms with Crippen molar-refractivity contribution in [2.75, 3.05) is 5.32 Å². The molecule has 2 rings (SSSR count). The maximum atomic E-state index is 6.05. The van der Waals surface area contributed by atoms with Crippen molar-refractivity contribution < 1.29 is 0 Å². The van der Waals surface area contributed by atoms with Crippen molar-refractivity contribution in [3.8, 4) is 0 Å². The highest BCUT2D eigenvalue weighted by Gasteiger charge is 2.07. The van der Waals surface area contributed by atoms with Gasteiger partial charge in [0, 0.05) is 12.2 Å². The molecule has 0 aliphatic rings. The summed E-state index contributed by atoms with van der Waals surface area (Å²) >= 11 is 9.53. The third-order valence-corrected chi connectivity index (χ3v) is 4.11. The summed E-state index contributed by atoms with van der Waals surface area (Å²) in [6.07, 6.45) is 3.74. The fourth-order valence-corrected chi connectivity index (χ4v) is 2.34. The molecule has 0 aliphatic heterocycles. The number of rotatable bonds is 4. The average molecular weight is 329 g/mol. The summed E-state index contributed by atoms with van der Waals surface area (Å²) in [5.41, 5.74) is 2.14. The summed E-state index contributed by atoms with van der Waals surface area (Å²) in [5, 5.41) is 4.07. The van der Waals surface area contributed by atoms with Gasteiger partial charge in [0.25, 0.3) is 0 Å². The minimum atomic E-state index is 0.409. The first kappa shape index (κ1) is 13.4. The van der Waals surface area contributed by atoms with Gasteiger partial charge in [0.2, 0.25) is 0 Å². The van der Waals surface area contributed by atoms with Crippen LogP contribution in [0.2, 0.25) is 5.02 Å². The maximum absolute atomic E-state index is 6.05. The molecule has 0 fully saturated rings. The van der Waals surface area contributed by atoms with E-state index in [2.05, 4.69) is 44.6 Å². The zero-order valence-electron chi connectivity index (χ0n) is 10.3. The van der Waals surface area contributed by atoms with Crippen LogP contribution in [0.25, 0.3) is 0 Å². The monoisotopic (exact) mass is 327 g/mol. The second-order valence-electron chi connectivity index (χ2n) is 4.34. The molecular formula is C13H15BrClN3. The molecule has 0 spiro atoms. The average Bonchev–Trinajstić information content (AvgIpc) is 2.79. The summed E-state index contributed by atoms with van der Waals surface area (Å²) < 4.78 is 3.04. The van der Waals surface area contributed by atoms with Crippen molar-refractivity contribution in [1.82, 2.24) is 9.55 Å². The number of benzene rings is 1. The van der Waals surface area contributed by atoms with E-state index in [1.807, 2.05) is 30.7 Å². The Morgan fingerprint density at radius 3 is 2.94 bits per heavy atom. The normalized spacial score (nSPS) is 10.9. The van der Waals surface area contributed by atoms with E-state index >= 15 is 0 Å². The molecule has 5 heteroatoms. The fraction of sp³-hybridized carbons (Fsp3) is 0.308. The molecule has 1 N–H and O–H groups in total. The Hall–Kier alpha value is -1.000. The van der Waals surface area contributed by atoms with Crippen LogP contribution in [0.4, 0.5) is 5.69 Å². The lowest BCUT2D eigenvalue weighted by atomic mass is 10.3. The molecule has 1 aromatic carbocycles. The van der Waals surface area contributed by atoms with Crippen LogP contribution in [0, 0.1) is 0 Å². The molecule has 3 nitrogen and oxygen atoms in total. The van der Waals surface area contributed by atoms with Crippen LogP contribution in [-0.2, 0) is 6.54 Å². The molecule has 1 heterocycles. The van der Waals surface area contributed by atoms with Crippen molar-refractivity contribution >= 4 is 33.2 Å². The van der Waals surface area contributed by atoms with Crippen molar-refractivity contribution in [3.05, 3.63) is 45.9 Å². The lowest BCUT2D eigenvalue weighted by Crippen LogP contribution is -2.09. The summed E-state index contributed by atoms with van der Waals surface area (Å²) in [5.74, 6) is 0. The first-order valence-corrected chi connectivity index (χ1v) is 6.95. The molecule has 96 valence electrons. The Kier molecular flexibility index (Phi) is 4.30. The zero-order valence-corrected chi connectivity index (χ0v) is 12.7. The third-order valence-electron chi connectivity index (χ3n) is 2.71. The highest BCUT2D eigenvalue weighted by atomic mass is 79.9. The van der Waals surface area contributed by atoms with Gasteiger partial charge in [0.05, 0.1) is 33.7 Å². The Morgan fingerprint density at radius 2 is 2.22 bits per heavy atom. The van der Waals surface area contributed by atoms with Gasteiger partial charge in [-0.25, -0.2) is 4.98 Å². The van der Waals surface area contributed by atoms with Crippen LogP contribution in [0.15, 0.2) is 35.2 Å². The highest BCUT2D eigenvalue weighted by molar-refractivity contribution is 9.10. The Morgan fingerprint density at radius 1 is 1.44 bits per heavy atom. The lowest BCUT2D eigenvalue weighted by molar-refractivity contribution is 0.577. The predicted molar refractivity (Wildman–Crippen MR) is 79.1 cm³/mol. The first-order chi connectivity index (χ1) is 8.59. The molecule has 2 aromatic rings. The van der Waals surface area contributed by atoms with E-state index < -0.39 is 0 Å². The molecule has 0 radical (unpaired) electrons. The van der Waals surface area contributed by atoms with Crippen LogP contribution in [0.1, 0.15) is 25.6 Å². The van der Waals surface area contributed by atoms with Gasteiger partial charge in [-0.05, 0) is 41.9 Å². The summed E-state index contributed by atoms with van der Waals surface area (Å²) in [4.78, 5) is 4.18. The number of anilines is 1. The van der Waals surface area contributed by atoms with Gasteiger partial charge in [-0.3, -0.25) is 0 Å². The molecule has 0 saturated heterocycles. The number of hydrogen-bond donors (Lipinski definition) is 1. The number of nitrogens with zero attached hydrogens (tertiary/aromatic N) is 2. The molecular weight excluding hydrogens is 314 g/mol. The van der Waals surface area contributed by atoms with E-state index in [9.17, 15) is 0 Å². The molecule has 1 aromatic heterocycles. The number of imidazole rings is 1. The summed E-state index contributed by atoms with van der Waals surface area (Å²) in [7, 11) is 0. The van der Waals surface area contributed by atoms with Gasteiger partial charge >= 0.3 is 0 Å². The van der Waals surface area contributed by atoms with Crippen LogP contribution in [0.5, 0.6) is 0 Å². The topological polar surface area (TPSA) is 29.9 Å². The summed E-state index contributed by atoms with van der Waals surface area (Å²) in [6, 6.07) is 6.18. The second kappa shape index (κ2) is 5.76. The smallest absolute Gasteiger partial charge is 0.0951 e. The van der Waals surface area contributed by atoms with Gasteiger partial charge in [0.15, 0.2) is 0 Å². The lowest BCUT2D eigenvalue weighted by Gasteiger charge is -2.14. The van der Waals surface area contributed by atoms with E-state index in [4.69, 9.17) is 11.6 Å². The number of aromatic nitrogens is 2. The summed E-state index contributed by atoms with van der Waals surface area (Å²) in [6.45, 7) is 5.00. The minimum absolute atomic E-state index is 0.409. The number of nitrogens with one attached hydrogen (secondary N) is 1. The van der Waals surface area contributed by atoms with E-state index in [0.29, 0.717) is 11.1 Å². The highest BCUT2D eigenvalue weighted by Crippen LogP contribution is 2.30. The van der Waals surface area contributed by atoms with E-state index in [0.717, 1.165) is 22.4 Å². The molecule has 0 bridgehead atoms. The molecule has 0 saturated carbocycles. The van der Waals surface area contributed by atoms with Crippen molar-refractivity contribution in [2.45, 2.75) is 26.4 Å². The first-order valence-electron chi connectivity index (χ1n) is 5.78. The zero-order chi connectivity index (χ0) is 13.1. The quantitative estimate of drug-likeness (QED) is 0.896. The molecule has 0 atom stereocenters.